The molecule has 2 unspecified atom stereocenters. The van der Waals surface area contributed by atoms with Gasteiger partial charge in [-0.25, -0.2) is 0 Å². The van der Waals surface area contributed by atoms with Gasteiger partial charge in [0.25, 0.3) is 5.91 Å². The van der Waals surface area contributed by atoms with Crippen molar-refractivity contribution in [2.75, 3.05) is 23.9 Å². The van der Waals surface area contributed by atoms with E-state index in [0.717, 1.165) is 23.4 Å². The van der Waals surface area contributed by atoms with E-state index in [4.69, 9.17) is 5.73 Å². The monoisotopic (exact) mass is 309 g/mol. The molecule has 0 fully saturated rings. The van der Waals surface area contributed by atoms with Crippen LogP contribution in [-0.2, 0) is 0 Å². The predicted molar refractivity (Wildman–Crippen MR) is 95.0 cm³/mol. The van der Waals surface area contributed by atoms with E-state index >= 15 is 0 Å². The number of nitrogens with zero attached hydrogens (tertiary/aromatic N) is 2. The normalized spacial score (nSPS) is 20.1. The van der Waals surface area contributed by atoms with Gasteiger partial charge >= 0.3 is 0 Å². The second-order valence-corrected chi connectivity index (χ2v) is 6.37. The fourth-order valence-corrected chi connectivity index (χ4v) is 3.21. The molecule has 0 aliphatic carbocycles. The van der Waals surface area contributed by atoms with Gasteiger partial charge in [0.05, 0.1) is 0 Å². The highest BCUT2D eigenvalue weighted by Crippen LogP contribution is 2.36. The van der Waals surface area contributed by atoms with Crippen molar-refractivity contribution in [3.63, 3.8) is 0 Å². The lowest BCUT2D eigenvalue weighted by Crippen LogP contribution is -2.44. The first-order chi connectivity index (χ1) is 11.0. The molecule has 1 heterocycles. The Morgan fingerprint density at radius 2 is 1.78 bits per heavy atom. The fraction of sp³-hybridized carbons (Fsp3) is 0.316. The number of rotatable bonds is 2. The Morgan fingerprint density at radius 1 is 1.13 bits per heavy atom. The van der Waals surface area contributed by atoms with Gasteiger partial charge in [-0.3, -0.25) is 4.79 Å². The topological polar surface area (TPSA) is 49.6 Å². The molecule has 4 heteroatoms. The zero-order valence-corrected chi connectivity index (χ0v) is 13.9. The van der Waals surface area contributed by atoms with E-state index in [1.165, 1.54) is 0 Å². The van der Waals surface area contributed by atoms with Crippen LogP contribution in [0.1, 0.15) is 35.3 Å². The molecule has 3 rings (SSSR count). The van der Waals surface area contributed by atoms with E-state index in [-0.39, 0.29) is 18.0 Å². The highest BCUT2D eigenvalue weighted by molar-refractivity contribution is 6.07. The Balaban J connectivity index is 1.97. The molecule has 2 aromatic carbocycles. The molecule has 23 heavy (non-hydrogen) atoms. The Morgan fingerprint density at radius 3 is 2.43 bits per heavy atom. The van der Waals surface area contributed by atoms with Crippen LogP contribution >= 0.6 is 0 Å². The molecule has 4 nitrogen and oxygen atoms in total. The molecule has 1 aliphatic heterocycles. The smallest absolute Gasteiger partial charge is 0.258 e. The Labute approximate surface area is 137 Å². The number of benzene rings is 2. The number of nitrogens with two attached hydrogens (primary N) is 1. The SMILES string of the molecule is CC1CC(N)c2ccccc2N1C(=O)c1ccc(N(C)C)cc1. The van der Waals surface area contributed by atoms with Gasteiger partial charge in [-0.05, 0) is 49.2 Å². The highest BCUT2D eigenvalue weighted by atomic mass is 16.2. The van der Waals surface area contributed by atoms with E-state index in [9.17, 15) is 4.79 Å². The van der Waals surface area contributed by atoms with Crippen LogP contribution in [0, 0.1) is 0 Å². The number of fused-ring (bicyclic) bond motifs is 1. The summed E-state index contributed by atoms with van der Waals surface area (Å²) in [7, 11) is 3.97. The molecular weight excluding hydrogens is 286 g/mol. The molecular formula is C19H23N3O. The van der Waals surface area contributed by atoms with Crippen LogP contribution in [0.4, 0.5) is 11.4 Å². The molecule has 0 saturated heterocycles. The van der Waals surface area contributed by atoms with Gasteiger partial charge in [0.1, 0.15) is 0 Å². The third-order valence-corrected chi connectivity index (χ3v) is 4.48. The van der Waals surface area contributed by atoms with Crippen LogP contribution in [0.2, 0.25) is 0 Å². The number of anilines is 2. The average molecular weight is 309 g/mol. The summed E-state index contributed by atoms with van der Waals surface area (Å²) in [6.07, 6.45) is 0.776. The first-order valence-electron chi connectivity index (χ1n) is 7.94. The Kier molecular flexibility index (Phi) is 4.09. The summed E-state index contributed by atoms with van der Waals surface area (Å²) in [5.74, 6) is 0.0298. The van der Waals surface area contributed by atoms with Gasteiger partial charge in [-0.1, -0.05) is 18.2 Å². The summed E-state index contributed by atoms with van der Waals surface area (Å²) in [6, 6.07) is 15.7. The summed E-state index contributed by atoms with van der Waals surface area (Å²) in [4.78, 5) is 16.9. The molecule has 0 bridgehead atoms. The van der Waals surface area contributed by atoms with Crippen molar-refractivity contribution < 1.29 is 4.79 Å². The molecule has 0 spiro atoms. The first-order valence-corrected chi connectivity index (χ1v) is 7.94. The summed E-state index contributed by atoms with van der Waals surface area (Å²) in [5.41, 5.74) is 10.0. The third-order valence-electron chi connectivity index (χ3n) is 4.48. The number of carbonyl (C=O) groups excluding carboxylic acids is 1. The minimum Gasteiger partial charge on any atom is -0.378 e. The second kappa shape index (κ2) is 6.05. The largest absolute Gasteiger partial charge is 0.378 e. The predicted octanol–water partition coefficient (Wildman–Crippen LogP) is 3.19. The van der Waals surface area contributed by atoms with Crippen LogP contribution in [0.25, 0.3) is 0 Å². The molecule has 0 radical (unpaired) electrons. The van der Waals surface area contributed by atoms with Crippen LogP contribution in [0.15, 0.2) is 48.5 Å². The van der Waals surface area contributed by atoms with Crippen molar-refractivity contribution in [3.8, 4) is 0 Å². The number of hydrogen-bond acceptors (Lipinski definition) is 3. The van der Waals surface area contributed by atoms with Gasteiger partial charge in [0, 0.05) is 43.1 Å². The lowest BCUT2D eigenvalue weighted by Gasteiger charge is -2.38. The summed E-state index contributed by atoms with van der Waals surface area (Å²) in [5, 5.41) is 0. The molecule has 0 aromatic heterocycles. The van der Waals surface area contributed by atoms with Crippen LogP contribution in [-0.4, -0.2) is 26.0 Å². The molecule has 1 aliphatic rings. The van der Waals surface area contributed by atoms with Crippen molar-refractivity contribution in [1.29, 1.82) is 0 Å². The maximum absolute atomic E-state index is 13.0. The van der Waals surface area contributed by atoms with Gasteiger partial charge in [0.2, 0.25) is 0 Å². The third kappa shape index (κ3) is 2.82. The van der Waals surface area contributed by atoms with Crippen molar-refractivity contribution in [2.45, 2.75) is 25.4 Å². The lowest BCUT2D eigenvalue weighted by molar-refractivity contribution is 0.0974. The lowest BCUT2D eigenvalue weighted by atomic mass is 9.92. The zero-order chi connectivity index (χ0) is 16.6. The molecule has 2 atom stereocenters. The Bertz CT molecular complexity index is 709. The van der Waals surface area contributed by atoms with Gasteiger partial charge in [-0.2, -0.15) is 0 Å². The van der Waals surface area contributed by atoms with Crippen LogP contribution in [0.5, 0.6) is 0 Å². The van der Waals surface area contributed by atoms with Crippen molar-refractivity contribution in [3.05, 3.63) is 59.7 Å². The molecule has 2 N–H and O–H groups in total. The van der Waals surface area contributed by atoms with E-state index in [2.05, 4.69) is 6.92 Å². The van der Waals surface area contributed by atoms with Crippen molar-refractivity contribution >= 4 is 17.3 Å². The van der Waals surface area contributed by atoms with Gasteiger partial charge in [-0.15, -0.1) is 0 Å². The van der Waals surface area contributed by atoms with E-state index in [0.29, 0.717) is 5.56 Å². The quantitative estimate of drug-likeness (QED) is 0.927. The number of amides is 1. The highest BCUT2D eigenvalue weighted by Gasteiger charge is 2.32. The van der Waals surface area contributed by atoms with Crippen molar-refractivity contribution in [2.24, 2.45) is 5.73 Å². The zero-order valence-electron chi connectivity index (χ0n) is 13.9. The number of hydrogen-bond donors (Lipinski definition) is 1. The summed E-state index contributed by atoms with van der Waals surface area (Å²) < 4.78 is 0. The van der Waals surface area contributed by atoms with Crippen LogP contribution < -0.4 is 15.5 Å². The number of carbonyl (C=O) groups is 1. The number of para-hydroxylation sites is 1. The van der Waals surface area contributed by atoms with Gasteiger partial charge in [0.15, 0.2) is 0 Å². The maximum atomic E-state index is 13.0. The van der Waals surface area contributed by atoms with Crippen molar-refractivity contribution in [1.82, 2.24) is 0 Å². The summed E-state index contributed by atoms with van der Waals surface area (Å²) >= 11 is 0. The molecule has 120 valence electrons. The summed E-state index contributed by atoms with van der Waals surface area (Å²) in [6.45, 7) is 2.06. The molecule has 1 amide bonds. The minimum absolute atomic E-state index is 0.0126. The first kappa shape index (κ1) is 15.6. The van der Waals surface area contributed by atoms with Gasteiger partial charge < -0.3 is 15.5 Å². The van der Waals surface area contributed by atoms with E-state index in [1.54, 1.807) is 0 Å². The average Bonchev–Trinajstić information content (AvgIpc) is 2.55. The second-order valence-electron chi connectivity index (χ2n) is 6.37. The van der Waals surface area contributed by atoms with E-state index < -0.39 is 0 Å². The van der Waals surface area contributed by atoms with E-state index in [1.807, 2.05) is 72.4 Å². The molecule has 0 saturated carbocycles. The Hall–Kier alpha value is -2.33. The molecule has 2 aromatic rings. The maximum Gasteiger partial charge on any atom is 0.258 e. The minimum atomic E-state index is -0.0126. The van der Waals surface area contributed by atoms with Crippen LogP contribution in [0.3, 0.4) is 0 Å². The standard InChI is InChI=1S/C19H23N3O/c1-13-12-17(20)16-6-4-5-7-18(16)22(13)19(23)14-8-10-15(11-9-14)21(2)3/h4-11,13,17H,12,20H2,1-3H3. The fourth-order valence-electron chi connectivity index (χ4n) is 3.21.